The zero-order valence-electron chi connectivity index (χ0n) is 15.4. The first kappa shape index (κ1) is 18.0. The van der Waals surface area contributed by atoms with Gasteiger partial charge in [-0.3, -0.25) is 14.5 Å². The molecule has 0 bridgehead atoms. The Balaban J connectivity index is 1.63. The molecule has 2 aromatic rings. The smallest absolute Gasteiger partial charge is 0.251 e. The van der Waals surface area contributed by atoms with Crippen molar-refractivity contribution in [2.24, 2.45) is 0 Å². The van der Waals surface area contributed by atoms with E-state index in [1.807, 2.05) is 19.1 Å². The van der Waals surface area contributed by atoms with E-state index in [0.717, 1.165) is 18.5 Å². The van der Waals surface area contributed by atoms with Crippen LogP contribution >= 0.6 is 11.6 Å². The zero-order chi connectivity index (χ0) is 19.1. The lowest BCUT2D eigenvalue weighted by Gasteiger charge is -2.32. The van der Waals surface area contributed by atoms with Gasteiger partial charge in [0.15, 0.2) is 0 Å². The third-order valence-electron chi connectivity index (χ3n) is 5.42. The van der Waals surface area contributed by atoms with Gasteiger partial charge in [0.2, 0.25) is 5.91 Å². The Bertz CT molecular complexity index is 928. The third-order valence-corrected chi connectivity index (χ3v) is 5.83. The molecule has 1 atom stereocenters. The fourth-order valence-electron chi connectivity index (χ4n) is 3.92. The predicted molar refractivity (Wildman–Crippen MR) is 104 cm³/mol. The predicted octanol–water partition coefficient (Wildman–Crippen LogP) is 3.35. The molecule has 0 aromatic heterocycles. The van der Waals surface area contributed by atoms with Gasteiger partial charge in [-0.05, 0) is 36.1 Å². The Morgan fingerprint density at radius 1 is 1.15 bits per heavy atom. The Morgan fingerprint density at radius 2 is 1.89 bits per heavy atom. The highest BCUT2D eigenvalue weighted by Crippen LogP contribution is 2.37. The first-order valence-corrected chi connectivity index (χ1v) is 9.39. The lowest BCUT2D eigenvalue weighted by Crippen LogP contribution is -2.44. The van der Waals surface area contributed by atoms with Gasteiger partial charge in [0, 0.05) is 24.2 Å². The Kier molecular flexibility index (Phi) is 4.66. The first-order chi connectivity index (χ1) is 13.0. The average Bonchev–Trinajstić information content (AvgIpc) is 2.97. The molecule has 0 saturated carbocycles. The maximum Gasteiger partial charge on any atom is 0.251 e. The van der Waals surface area contributed by atoms with Gasteiger partial charge >= 0.3 is 0 Å². The van der Waals surface area contributed by atoms with Crippen LogP contribution in [0.2, 0.25) is 5.02 Å². The van der Waals surface area contributed by atoms with E-state index in [0.29, 0.717) is 23.0 Å². The van der Waals surface area contributed by atoms with Crippen molar-refractivity contribution >= 4 is 29.1 Å². The normalized spacial score (nSPS) is 20.1. The fourth-order valence-corrected chi connectivity index (χ4v) is 4.08. The number of halogens is 1. The molecule has 4 rings (SSSR count). The number of fused-ring (bicyclic) bond motifs is 1. The molecular weight excluding hydrogens is 364 g/mol. The van der Waals surface area contributed by atoms with Crippen molar-refractivity contribution in [1.82, 2.24) is 4.90 Å². The van der Waals surface area contributed by atoms with Crippen molar-refractivity contribution in [1.29, 1.82) is 0 Å². The molecule has 2 aliphatic heterocycles. The number of imide groups is 1. The Labute approximate surface area is 163 Å². The molecule has 0 radical (unpaired) electrons. The van der Waals surface area contributed by atoms with Gasteiger partial charge in [-0.25, -0.2) is 4.90 Å². The number of aryl methyl sites for hydroxylation is 1. The molecule has 140 valence electrons. The van der Waals surface area contributed by atoms with E-state index in [9.17, 15) is 9.59 Å². The summed E-state index contributed by atoms with van der Waals surface area (Å²) in [6.07, 6.45) is 1.07. The number of hydrogen-bond donors (Lipinski definition) is 0. The fraction of sp³-hybridized carbons (Fsp3) is 0.333. The Morgan fingerprint density at radius 3 is 2.63 bits per heavy atom. The van der Waals surface area contributed by atoms with E-state index in [-0.39, 0.29) is 18.2 Å². The van der Waals surface area contributed by atoms with E-state index < -0.39 is 6.04 Å². The minimum atomic E-state index is -0.438. The van der Waals surface area contributed by atoms with Gasteiger partial charge in [-0.15, -0.1) is 0 Å². The van der Waals surface area contributed by atoms with Crippen LogP contribution in [0.3, 0.4) is 0 Å². The number of methoxy groups -OCH3 is 1. The molecule has 1 saturated heterocycles. The van der Waals surface area contributed by atoms with Crippen molar-refractivity contribution in [3.63, 3.8) is 0 Å². The van der Waals surface area contributed by atoms with Crippen LogP contribution in [0.15, 0.2) is 36.4 Å². The van der Waals surface area contributed by atoms with Crippen LogP contribution in [-0.4, -0.2) is 36.4 Å². The maximum absolute atomic E-state index is 13.2. The summed E-state index contributed by atoms with van der Waals surface area (Å²) in [7, 11) is 1.51. The SMILES string of the molecule is COc1cc(Cl)c(C)cc1N1C(=O)CC(N2CCc3ccccc3C2)C1=O. The second-order valence-electron chi connectivity index (χ2n) is 7.05. The third kappa shape index (κ3) is 3.11. The summed E-state index contributed by atoms with van der Waals surface area (Å²) in [6, 6.07) is 11.2. The molecule has 6 heteroatoms. The van der Waals surface area contributed by atoms with Crippen molar-refractivity contribution in [2.45, 2.75) is 32.4 Å². The van der Waals surface area contributed by atoms with Crippen molar-refractivity contribution in [3.05, 3.63) is 58.1 Å². The highest BCUT2D eigenvalue weighted by atomic mass is 35.5. The monoisotopic (exact) mass is 384 g/mol. The summed E-state index contributed by atoms with van der Waals surface area (Å²) < 4.78 is 5.37. The van der Waals surface area contributed by atoms with Gasteiger partial charge in [0.25, 0.3) is 5.91 Å². The lowest BCUT2D eigenvalue weighted by molar-refractivity contribution is -0.123. The highest BCUT2D eigenvalue weighted by molar-refractivity contribution is 6.32. The van der Waals surface area contributed by atoms with Crippen LogP contribution in [0.25, 0.3) is 0 Å². The first-order valence-electron chi connectivity index (χ1n) is 9.01. The molecular formula is C21H21ClN2O3. The van der Waals surface area contributed by atoms with Gasteiger partial charge < -0.3 is 4.74 Å². The molecule has 2 aromatic carbocycles. The van der Waals surface area contributed by atoms with E-state index in [1.54, 1.807) is 12.1 Å². The quantitative estimate of drug-likeness (QED) is 0.761. The summed E-state index contributed by atoms with van der Waals surface area (Å²) in [6.45, 7) is 3.30. The minimum Gasteiger partial charge on any atom is -0.495 e. The van der Waals surface area contributed by atoms with Gasteiger partial charge in [0.1, 0.15) is 5.75 Å². The van der Waals surface area contributed by atoms with E-state index in [2.05, 4.69) is 17.0 Å². The van der Waals surface area contributed by atoms with Crippen molar-refractivity contribution in [3.8, 4) is 5.75 Å². The van der Waals surface area contributed by atoms with Crippen LogP contribution in [0.4, 0.5) is 5.69 Å². The number of rotatable bonds is 3. The molecule has 1 fully saturated rings. The van der Waals surface area contributed by atoms with Crippen LogP contribution in [0.5, 0.6) is 5.75 Å². The summed E-state index contributed by atoms with van der Waals surface area (Å²) in [5.41, 5.74) is 3.80. The van der Waals surface area contributed by atoms with E-state index >= 15 is 0 Å². The second kappa shape index (κ2) is 6.98. The number of hydrogen-bond acceptors (Lipinski definition) is 4. The molecule has 2 amide bonds. The Hall–Kier alpha value is -2.37. The molecule has 27 heavy (non-hydrogen) atoms. The number of benzene rings is 2. The van der Waals surface area contributed by atoms with E-state index in [1.165, 1.54) is 23.1 Å². The van der Waals surface area contributed by atoms with Crippen LogP contribution in [0.1, 0.15) is 23.1 Å². The van der Waals surface area contributed by atoms with Gasteiger partial charge in [-0.2, -0.15) is 0 Å². The molecule has 2 heterocycles. The summed E-state index contributed by atoms with van der Waals surface area (Å²) in [5.74, 6) is 0.0280. The number of anilines is 1. The molecule has 2 aliphatic rings. The molecule has 1 unspecified atom stereocenters. The zero-order valence-corrected chi connectivity index (χ0v) is 16.1. The van der Waals surface area contributed by atoms with Crippen molar-refractivity contribution in [2.75, 3.05) is 18.6 Å². The molecule has 0 spiro atoms. The maximum atomic E-state index is 13.2. The van der Waals surface area contributed by atoms with Crippen LogP contribution < -0.4 is 9.64 Å². The van der Waals surface area contributed by atoms with Gasteiger partial charge in [-0.1, -0.05) is 35.9 Å². The van der Waals surface area contributed by atoms with Gasteiger partial charge in [0.05, 0.1) is 25.3 Å². The highest BCUT2D eigenvalue weighted by Gasteiger charge is 2.44. The standard InChI is InChI=1S/C21H21ClN2O3/c1-13-9-17(19(27-2)10-16(13)22)24-20(25)11-18(21(24)26)23-8-7-14-5-3-4-6-15(14)12-23/h3-6,9-10,18H,7-8,11-12H2,1-2H3. The topological polar surface area (TPSA) is 49.9 Å². The minimum absolute atomic E-state index is 0.186. The van der Waals surface area contributed by atoms with Crippen LogP contribution in [0, 0.1) is 6.92 Å². The number of carbonyl (C=O) groups is 2. The average molecular weight is 385 g/mol. The largest absolute Gasteiger partial charge is 0.495 e. The summed E-state index contributed by atoms with van der Waals surface area (Å²) >= 11 is 6.17. The van der Waals surface area contributed by atoms with Crippen LogP contribution in [-0.2, 0) is 22.6 Å². The molecule has 0 N–H and O–H groups in total. The van der Waals surface area contributed by atoms with Crippen molar-refractivity contribution < 1.29 is 14.3 Å². The number of amides is 2. The number of nitrogens with zero attached hydrogens (tertiary/aromatic N) is 2. The summed E-state index contributed by atoms with van der Waals surface area (Å²) in [5, 5.41) is 0.541. The van der Waals surface area contributed by atoms with E-state index in [4.69, 9.17) is 16.3 Å². The molecule has 0 aliphatic carbocycles. The number of ether oxygens (including phenoxy) is 1. The number of carbonyl (C=O) groups excluding carboxylic acids is 2. The summed E-state index contributed by atoms with van der Waals surface area (Å²) in [4.78, 5) is 29.3. The molecule has 5 nitrogen and oxygen atoms in total. The second-order valence-corrected chi connectivity index (χ2v) is 7.46. The lowest BCUT2D eigenvalue weighted by atomic mass is 9.98.